The smallest absolute Gasteiger partial charge is 0.219 e. The number of pyridine rings is 1. The van der Waals surface area contributed by atoms with Crippen molar-refractivity contribution in [2.75, 3.05) is 13.1 Å². The summed E-state index contributed by atoms with van der Waals surface area (Å²) in [6.07, 6.45) is 3.91. The Morgan fingerprint density at radius 1 is 1.18 bits per heavy atom. The number of carbonyl (C=O) groups excluding carboxylic acids is 1. The average molecular weight is 298 g/mol. The van der Waals surface area contributed by atoms with Crippen molar-refractivity contribution in [2.45, 2.75) is 25.7 Å². The molecule has 0 radical (unpaired) electrons. The molecule has 1 aromatic carbocycles. The average Bonchev–Trinajstić information content (AvgIpc) is 2.56. The van der Waals surface area contributed by atoms with Crippen LogP contribution in [0, 0.1) is 5.82 Å². The first-order chi connectivity index (χ1) is 10.6. The molecule has 3 nitrogen and oxygen atoms in total. The first-order valence-electron chi connectivity index (χ1n) is 7.61. The van der Waals surface area contributed by atoms with Gasteiger partial charge in [-0.3, -0.25) is 9.78 Å². The Hall–Kier alpha value is -2.23. The summed E-state index contributed by atoms with van der Waals surface area (Å²) in [4.78, 5) is 18.0. The third-order valence-electron chi connectivity index (χ3n) is 4.25. The van der Waals surface area contributed by atoms with Gasteiger partial charge in [0.15, 0.2) is 0 Å². The third-order valence-corrected chi connectivity index (χ3v) is 4.25. The van der Waals surface area contributed by atoms with Gasteiger partial charge in [0.05, 0.1) is 0 Å². The SMILES string of the molecule is CC(=O)N1CCC[C@H](c2ccc(-c3ccc(F)cc3)cn2)C1. The number of piperidine rings is 1. The normalized spacial score (nSPS) is 18.3. The zero-order chi connectivity index (χ0) is 15.5. The fourth-order valence-corrected chi connectivity index (χ4v) is 2.96. The Labute approximate surface area is 129 Å². The maximum atomic E-state index is 13.0. The Balaban J connectivity index is 1.76. The topological polar surface area (TPSA) is 33.2 Å². The summed E-state index contributed by atoms with van der Waals surface area (Å²) in [6.45, 7) is 3.21. The number of benzene rings is 1. The molecule has 2 heterocycles. The van der Waals surface area contributed by atoms with Crippen molar-refractivity contribution in [3.05, 3.63) is 54.1 Å². The fraction of sp³-hybridized carbons (Fsp3) is 0.333. The van der Waals surface area contributed by atoms with Gasteiger partial charge in [0, 0.05) is 43.4 Å². The van der Waals surface area contributed by atoms with Crippen LogP contribution in [0.4, 0.5) is 4.39 Å². The van der Waals surface area contributed by atoms with Crippen LogP contribution in [0.2, 0.25) is 0 Å². The second kappa shape index (κ2) is 6.26. The van der Waals surface area contributed by atoms with Crippen LogP contribution < -0.4 is 0 Å². The van der Waals surface area contributed by atoms with Crippen molar-refractivity contribution in [3.63, 3.8) is 0 Å². The summed E-state index contributed by atoms with van der Waals surface area (Å²) in [7, 11) is 0. The van der Waals surface area contributed by atoms with Crippen LogP contribution in [0.3, 0.4) is 0 Å². The second-order valence-corrected chi connectivity index (χ2v) is 5.78. The van der Waals surface area contributed by atoms with Crippen molar-refractivity contribution in [1.29, 1.82) is 0 Å². The van der Waals surface area contributed by atoms with Crippen LogP contribution in [0.15, 0.2) is 42.6 Å². The van der Waals surface area contributed by atoms with Crippen LogP contribution >= 0.6 is 0 Å². The van der Waals surface area contributed by atoms with Gasteiger partial charge in [-0.15, -0.1) is 0 Å². The van der Waals surface area contributed by atoms with Gasteiger partial charge in [-0.25, -0.2) is 4.39 Å². The van der Waals surface area contributed by atoms with Gasteiger partial charge < -0.3 is 4.90 Å². The highest BCUT2D eigenvalue weighted by atomic mass is 19.1. The minimum atomic E-state index is -0.236. The largest absolute Gasteiger partial charge is 0.342 e. The summed E-state index contributed by atoms with van der Waals surface area (Å²) in [5.41, 5.74) is 2.95. The molecule has 1 aliphatic rings. The van der Waals surface area contributed by atoms with E-state index >= 15 is 0 Å². The standard InChI is InChI=1S/C18H19FN2O/c1-13(22)21-10-2-3-16(12-21)18-9-6-15(11-20-18)14-4-7-17(19)8-5-14/h4-9,11,16H,2-3,10,12H2,1H3/t16-/m0/s1. The number of rotatable bonds is 2. The number of amides is 1. The van der Waals surface area contributed by atoms with Crippen molar-refractivity contribution >= 4 is 5.91 Å². The Kier molecular flexibility index (Phi) is 4.18. The first-order valence-corrected chi connectivity index (χ1v) is 7.61. The van der Waals surface area contributed by atoms with E-state index in [9.17, 15) is 9.18 Å². The fourth-order valence-electron chi connectivity index (χ4n) is 2.96. The molecule has 0 N–H and O–H groups in total. The minimum Gasteiger partial charge on any atom is -0.342 e. The van der Waals surface area contributed by atoms with Gasteiger partial charge in [0.1, 0.15) is 5.82 Å². The lowest BCUT2D eigenvalue weighted by atomic mass is 9.93. The zero-order valence-corrected chi connectivity index (χ0v) is 12.6. The molecule has 1 aliphatic heterocycles. The summed E-state index contributed by atoms with van der Waals surface area (Å²) < 4.78 is 13.0. The summed E-state index contributed by atoms with van der Waals surface area (Å²) >= 11 is 0. The van der Waals surface area contributed by atoms with E-state index in [0.717, 1.165) is 42.8 Å². The molecule has 0 spiro atoms. The van der Waals surface area contributed by atoms with Crippen LogP contribution in [0.5, 0.6) is 0 Å². The highest BCUT2D eigenvalue weighted by molar-refractivity contribution is 5.73. The Bertz CT molecular complexity index is 652. The van der Waals surface area contributed by atoms with Crippen LogP contribution in [-0.2, 0) is 4.79 Å². The number of hydrogen-bond donors (Lipinski definition) is 0. The highest BCUT2D eigenvalue weighted by Gasteiger charge is 2.23. The maximum Gasteiger partial charge on any atom is 0.219 e. The summed E-state index contributed by atoms with van der Waals surface area (Å²) in [5.74, 6) is 0.201. The van der Waals surface area contributed by atoms with E-state index < -0.39 is 0 Å². The van der Waals surface area contributed by atoms with E-state index in [4.69, 9.17) is 0 Å². The molecule has 1 atom stereocenters. The van der Waals surface area contributed by atoms with E-state index in [-0.39, 0.29) is 11.7 Å². The van der Waals surface area contributed by atoms with Gasteiger partial charge in [0.2, 0.25) is 5.91 Å². The Morgan fingerprint density at radius 3 is 2.55 bits per heavy atom. The zero-order valence-electron chi connectivity index (χ0n) is 12.6. The van der Waals surface area contributed by atoms with Gasteiger partial charge in [0.25, 0.3) is 0 Å². The molecule has 114 valence electrons. The number of halogens is 1. The molecule has 3 rings (SSSR count). The second-order valence-electron chi connectivity index (χ2n) is 5.78. The quantitative estimate of drug-likeness (QED) is 0.848. The van der Waals surface area contributed by atoms with E-state index in [1.165, 1.54) is 12.1 Å². The molecule has 2 aromatic rings. The summed E-state index contributed by atoms with van der Waals surface area (Å²) in [6, 6.07) is 10.5. The van der Waals surface area contributed by atoms with Crippen molar-refractivity contribution in [2.24, 2.45) is 0 Å². The predicted octanol–water partition coefficient (Wildman–Crippen LogP) is 3.61. The molecule has 1 saturated heterocycles. The molecule has 1 fully saturated rings. The molecule has 0 unspecified atom stereocenters. The van der Waals surface area contributed by atoms with Crippen LogP contribution in [0.25, 0.3) is 11.1 Å². The number of nitrogens with zero attached hydrogens (tertiary/aromatic N) is 2. The van der Waals surface area contributed by atoms with Gasteiger partial charge in [-0.05, 0) is 36.6 Å². The van der Waals surface area contributed by atoms with Crippen LogP contribution in [-0.4, -0.2) is 28.9 Å². The van der Waals surface area contributed by atoms with E-state index in [1.54, 1.807) is 19.1 Å². The molecule has 0 aliphatic carbocycles. The lowest BCUT2D eigenvalue weighted by Crippen LogP contribution is -2.37. The molecular weight excluding hydrogens is 279 g/mol. The molecule has 22 heavy (non-hydrogen) atoms. The summed E-state index contributed by atoms with van der Waals surface area (Å²) in [5, 5.41) is 0. The number of aromatic nitrogens is 1. The van der Waals surface area contributed by atoms with Gasteiger partial charge >= 0.3 is 0 Å². The highest BCUT2D eigenvalue weighted by Crippen LogP contribution is 2.27. The van der Waals surface area contributed by atoms with Crippen molar-refractivity contribution < 1.29 is 9.18 Å². The van der Waals surface area contributed by atoms with Crippen molar-refractivity contribution in [3.8, 4) is 11.1 Å². The van der Waals surface area contributed by atoms with Crippen LogP contribution in [0.1, 0.15) is 31.4 Å². The molecule has 1 aromatic heterocycles. The molecular formula is C18H19FN2O. The number of carbonyl (C=O) groups is 1. The van der Waals surface area contributed by atoms with Crippen molar-refractivity contribution in [1.82, 2.24) is 9.88 Å². The molecule has 0 saturated carbocycles. The molecule has 0 bridgehead atoms. The Morgan fingerprint density at radius 2 is 1.91 bits per heavy atom. The third kappa shape index (κ3) is 3.16. The van der Waals surface area contributed by atoms with E-state index in [0.29, 0.717) is 5.92 Å². The van der Waals surface area contributed by atoms with E-state index in [2.05, 4.69) is 4.98 Å². The number of hydrogen-bond acceptors (Lipinski definition) is 2. The molecule has 4 heteroatoms. The van der Waals surface area contributed by atoms with E-state index in [1.807, 2.05) is 23.2 Å². The lowest BCUT2D eigenvalue weighted by Gasteiger charge is -2.31. The maximum absolute atomic E-state index is 13.0. The van der Waals surface area contributed by atoms with Gasteiger partial charge in [-0.2, -0.15) is 0 Å². The lowest BCUT2D eigenvalue weighted by molar-refractivity contribution is -0.130. The number of likely N-dealkylation sites (tertiary alicyclic amines) is 1. The minimum absolute atomic E-state index is 0.132. The molecule has 1 amide bonds. The monoisotopic (exact) mass is 298 g/mol. The van der Waals surface area contributed by atoms with Gasteiger partial charge in [-0.1, -0.05) is 18.2 Å². The predicted molar refractivity (Wildman–Crippen MR) is 83.9 cm³/mol. The first kappa shape index (κ1) is 14.7.